The average molecular weight is 576 g/mol. The summed E-state index contributed by atoms with van der Waals surface area (Å²) >= 11 is 0.306. The van der Waals surface area contributed by atoms with Crippen molar-refractivity contribution in [2.24, 2.45) is 0 Å². The van der Waals surface area contributed by atoms with Crippen LogP contribution < -0.4 is 5.73 Å². The number of fused-ring (bicyclic) bond motifs is 20. The van der Waals surface area contributed by atoms with Crippen LogP contribution in [-0.2, 0) is 0 Å². The first-order chi connectivity index (χ1) is 21.2. The highest BCUT2D eigenvalue weighted by atomic mass is 27.1. The Morgan fingerprint density at radius 3 is 1.30 bits per heavy atom. The van der Waals surface area contributed by atoms with Crippen molar-refractivity contribution >= 4 is 66.4 Å². The third-order valence-electron chi connectivity index (χ3n) is 7.61. The number of aromatic amines is 2. The third kappa shape index (κ3) is 3.91. The van der Waals surface area contributed by atoms with Crippen LogP contribution in [0.25, 0.3) is 89.7 Å². The molecule has 204 valence electrons. The highest BCUT2D eigenvalue weighted by molar-refractivity contribution is 6.11. The van der Waals surface area contributed by atoms with Gasteiger partial charge in [-0.15, -0.1) is 0 Å². The minimum absolute atomic E-state index is 0.306. The Bertz CT molecular complexity index is 2410. The highest BCUT2D eigenvalue weighted by Gasteiger charge is 2.22. The van der Waals surface area contributed by atoms with Gasteiger partial charge in [0.1, 0.15) is 22.6 Å². The summed E-state index contributed by atoms with van der Waals surface area (Å²) in [4.78, 5) is 36.7. The second kappa shape index (κ2) is 9.82. The number of rotatable bonds is 0. The smallest absolute Gasteiger partial charge is 0.407 e. The monoisotopic (exact) mass is 575 g/mol. The topological polar surface area (TPSA) is 155 Å². The summed E-state index contributed by atoms with van der Waals surface area (Å²) in [6.07, 6.45) is 0. The van der Waals surface area contributed by atoms with Gasteiger partial charge in [-0.1, -0.05) is 84.9 Å². The van der Waals surface area contributed by atoms with Crippen molar-refractivity contribution < 1.29 is 4.16 Å². The molecular formula is C32H22AlN9O. The van der Waals surface area contributed by atoms with E-state index in [2.05, 4.69) is 9.97 Å². The first-order valence-electron chi connectivity index (χ1n) is 13.6. The number of aromatic nitrogens is 8. The molecule has 0 aliphatic carbocycles. The van der Waals surface area contributed by atoms with E-state index in [0.717, 1.165) is 43.8 Å². The van der Waals surface area contributed by atoms with Crippen LogP contribution in [0.2, 0.25) is 0 Å². The molecule has 2 aliphatic rings. The van der Waals surface area contributed by atoms with Crippen LogP contribution >= 0.6 is 0 Å². The van der Waals surface area contributed by atoms with E-state index in [0.29, 0.717) is 68.2 Å². The molecule has 0 saturated carbocycles. The fraction of sp³-hybridized carbons (Fsp3) is 0. The zero-order valence-corrected chi connectivity index (χ0v) is 24.9. The molecule has 9 rings (SSSR count). The summed E-state index contributed by atoms with van der Waals surface area (Å²) < 4.78 is 7.14. The maximum Gasteiger partial charge on any atom is 0.407 e. The van der Waals surface area contributed by atoms with E-state index in [4.69, 9.17) is 39.8 Å². The molecule has 0 fully saturated rings. The Balaban J connectivity index is 0.00000136. The standard InChI is InChI=1S/C32H19N9.Al.H2O.2H/c33-23-15-7-14-22-24(23)32-40-30-21-13-6-5-12-20(21)28(38-30)36-26-17-9-2-1-8-16(17)25(34-26)35-27-18-10-3-4-11-19(18)29(37-27)39-31(22)41-32;;;;/h1-15H,33H2,(H2,34,35,36,37,38,39,40,41);;1H2;;/q;+1;;;/p-1. The lowest BCUT2D eigenvalue weighted by Crippen LogP contribution is -1.86. The fourth-order valence-electron chi connectivity index (χ4n) is 5.72. The lowest BCUT2D eigenvalue weighted by molar-refractivity contribution is 0.629. The van der Waals surface area contributed by atoms with E-state index in [-0.39, 0.29) is 0 Å². The lowest BCUT2D eigenvalue weighted by atomic mass is 10.1. The molecular weight excluding hydrogens is 553 g/mol. The summed E-state index contributed by atoms with van der Waals surface area (Å²) in [7, 11) is 0. The number of nitrogens with zero attached hydrogens (tertiary/aromatic N) is 6. The van der Waals surface area contributed by atoms with Gasteiger partial charge in [0.15, 0.2) is 23.3 Å². The van der Waals surface area contributed by atoms with Crippen molar-refractivity contribution in [1.82, 2.24) is 39.9 Å². The molecule has 2 aliphatic heterocycles. The third-order valence-corrected chi connectivity index (χ3v) is 7.61. The largest absolute Gasteiger partial charge is 0.521 e. The SMILES string of the molecule is Nc1cccc2c3nc4nc(nc5[nH]c(nc6nc(nc([nH]3)c12)-c1ccccc1-6)c1ccccc51)-c1ccccc1-4.[OH][AlH2]. The predicted molar refractivity (Wildman–Crippen MR) is 171 cm³/mol. The summed E-state index contributed by atoms with van der Waals surface area (Å²) in [6.45, 7) is 0. The number of nitrogens with one attached hydrogen (secondary N) is 2. The van der Waals surface area contributed by atoms with Gasteiger partial charge in [-0.2, -0.15) is 0 Å². The van der Waals surface area contributed by atoms with Crippen molar-refractivity contribution in [3.63, 3.8) is 0 Å². The zero-order valence-electron chi connectivity index (χ0n) is 22.9. The highest BCUT2D eigenvalue weighted by Crippen LogP contribution is 2.37. The van der Waals surface area contributed by atoms with E-state index in [1.807, 2.05) is 91.0 Å². The molecule has 10 nitrogen and oxygen atoms in total. The van der Waals surface area contributed by atoms with Gasteiger partial charge in [0.25, 0.3) is 0 Å². The van der Waals surface area contributed by atoms with Crippen molar-refractivity contribution in [3.8, 4) is 45.6 Å². The molecule has 3 aromatic heterocycles. The second-order valence-corrected chi connectivity index (χ2v) is 10.0. The van der Waals surface area contributed by atoms with Crippen molar-refractivity contribution in [1.29, 1.82) is 0 Å². The Morgan fingerprint density at radius 1 is 0.442 bits per heavy atom. The molecule has 0 atom stereocenters. The van der Waals surface area contributed by atoms with Gasteiger partial charge in [0, 0.05) is 44.1 Å². The van der Waals surface area contributed by atoms with Gasteiger partial charge in [0.2, 0.25) is 0 Å². The number of nitrogens with two attached hydrogens (primary N) is 1. The maximum absolute atomic E-state index is 7.14. The zero-order chi connectivity index (χ0) is 29.1. The Kier molecular flexibility index (Phi) is 5.77. The first kappa shape index (κ1) is 25.3. The van der Waals surface area contributed by atoms with Gasteiger partial charge < -0.3 is 19.9 Å². The summed E-state index contributed by atoms with van der Waals surface area (Å²) in [5.74, 6) is 2.25. The van der Waals surface area contributed by atoms with Crippen molar-refractivity contribution in [3.05, 3.63) is 91.0 Å². The molecule has 0 radical (unpaired) electrons. The molecule has 0 unspecified atom stereocenters. The number of benzene rings is 4. The van der Waals surface area contributed by atoms with E-state index < -0.39 is 0 Å². The minimum Gasteiger partial charge on any atom is -0.521 e. The number of anilines is 1. The van der Waals surface area contributed by atoms with Gasteiger partial charge in [-0.05, 0) is 6.07 Å². The van der Waals surface area contributed by atoms with Gasteiger partial charge >= 0.3 is 16.6 Å². The predicted octanol–water partition coefficient (Wildman–Crippen LogP) is 4.98. The maximum atomic E-state index is 7.14. The van der Waals surface area contributed by atoms with E-state index in [1.165, 1.54) is 0 Å². The van der Waals surface area contributed by atoms with Crippen molar-refractivity contribution in [2.45, 2.75) is 0 Å². The number of hydrogen-bond acceptors (Lipinski definition) is 8. The second-order valence-electron chi connectivity index (χ2n) is 10.0. The molecule has 4 aromatic carbocycles. The molecule has 0 saturated heterocycles. The normalized spacial score (nSPS) is 11.6. The van der Waals surface area contributed by atoms with Crippen LogP contribution in [0, 0.1) is 0 Å². The molecule has 0 amide bonds. The summed E-state index contributed by atoms with van der Waals surface area (Å²) in [5, 5.41) is 3.51. The first-order valence-corrected chi connectivity index (χ1v) is 14.5. The Labute approximate surface area is 252 Å². The van der Waals surface area contributed by atoms with Gasteiger partial charge in [0.05, 0.1) is 5.39 Å². The Hall–Kier alpha value is -5.47. The molecule has 7 aromatic rings. The quantitative estimate of drug-likeness (QED) is 0.146. The van der Waals surface area contributed by atoms with E-state index >= 15 is 0 Å². The van der Waals surface area contributed by atoms with Crippen LogP contribution in [0.4, 0.5) is 5.69 Å². The number of H-pyrrole nitrogens is 2. The van der Waals surface area contributed by atoms with Crippen molar-refractivity contribution in [2.75, 3.05) is 5.73 Å². The van der Waals surface area contributed by atoms with Gasteiger partial charge in [-0.3, -0.25) is 0 Å². The molecule has 11 heteroatoms. The molecule has 8 bridgehead atoms. The van der Waals surface area contributed by atoms with Crippen LogP contribution in [-0.4, -0.2) is 60.7 Å². The summed E-state index contributed by atoms with van der Waals surface area (Å²) in [5.41, 5.74) is 13.2. The van der Waals surface area contributed by atoms with Crippen LogP contribution in [0.5, 0.6) is 0 Å². The fourth-order valence-corrected chi connectivity index (χ4v) is 5.72. The number of nitrogen functional groups attached to an aromatic ring is 1. The average Bonchev–Trinajstić information content (AvgIpc) is 3.78. The van der Waals surface area contributed by atoms with Crippen LogP contribution in [0.15, 0.2) is 91.0 Å². The van der Waals surface area contributed by atoms with Crippen LogP contribution in [0.3, 0.4) is 0 Å². The van der Waals surface area contributed by atoms with Gasteiger partial charge in [-0.25, -0.2) is 29.9 Å². The summed E-state index contributed by atoms with van der Waals surface area (Å²) in [6, 6.07) is 29.7. The molecule has 5 heterocycles. The van der Waals surface area contributed by atoms with Crippen LogP contribution in [0.1, 0.15) is 0 Å². The lowest BCUT2D eigenvalue weighted by Gasteiger charge is -1.97. The van der Waals surface area contributed by atoms with E-state index in [9.17, 15) is 0 Å². The molecule has 0 spiro atoms. The van der Waals surface area contributed by atoms with E-state index in [1.54, 1.807) is 0 Å². The molecule has 43 heavy (non-hydrogen) atoms. The Morgan fingerprint density at radius 2 is 0.814 bits per heavy atom. The molecule has 5 N–H and O–H groups in total. The number of hydrogen-bond donors (Lipinski definition) is 4. The minimum atomic E-state index is 0.306.